The van der Waals surface area contributed by atoms with Crippen LogP contribution >= 0.6 is 0 Å². The summed E-state index contributed by atoms with van der Waals surface area (Å²) in [4.78, 5) is 19.0. The smallest absolute Gasteiger partial charge is 0.323 e. The second-order valence-electron chi connectivity index (χ2n) is 5.40. The van der Waals surface area contributed by atoms with Crippen LogP contribution in [0.25, 0.3) is 0 Å². The average molecular weight is 285 g/mol. The minimum Gasteiger partial charge on any atom is -0.456 e. The van der Waals surface area contributed by atoms with Gasteiger partial charge in [0.05, 0.1) is 6.33 Å². The first kappa shape index (κ1) is 13.8. The number of aryl methyl sites for hydroxylation is 1. The highest BCUT2D eigenvalue weighted by Gasteiger charge is 2.26. The molecule has 0 saturated heterocycles. The number of aromatic nitrogens is 2. The van der Waals surface area contributed by atoms with Crippen LogP contribution in [0, 0.1) is 0 Å². The Labute approximate surface area is 123 Å². The molecule has 1 heterocycles. The topological polar surface area (TPSA) is 81.0 Å². The molecular weight excluding hydrogens is 266 g/mol. The SMILES string of the molecule is NC(Cc1cnc[nH]1)C(=O)OC1CCCc2ccccc21. The molecule has 0 radical (unpaired) electrons. The van der Waals surface area contributed by atoms with Gasteiger partial charge in [0.15, 0.2) is 0 Å². The molecule has 1 aromatic carbocycles. The highest BCUT2D eigenvalue weighted by molar-refractivity contribution is 5.76. The zero-order valence-electron chi connectivity index (χ0n) is 11.8. The highest BCUT2D eigenvalue weighted by atomic mass is 16.5. The molecule has 0 bridgehead atoms. The van der Waals surface area contributed by atoms with Crippen molar-refractivity contribution in [2.45, 2.75) is 37.8 Å². The van der Waals surface area contributed by atoms with Crippen molar-refractivity contribution in [3.63, 3.8) is 0 Å². The Bertz CT molecular complexity index is 610. The van der Waals surface area contributed by atoms with Gasteiger partial charge in [-0.2, -0.15) is 0 Å². The van der Waals surface area contributed by atoms with Crippen LogP contribution in [0.15, 0.2) is 36.8 Å². The molecule has 0 amide bonds. The predicted octanol–water partition coefficient (Wildman–Crippen LogP) is 1.90. The average Bonchev–Trinajstić information content (AvgIpc) is 3.00. The van der Waals surface area contributed by atoms with Gasteiger partial charge >= 0.3 is 5.97 Å². The third kappa shape index (κ3) is 3.13. The molecule has 0 fully saturated rings. The lowest BCUT2D eigenvalue weighted by Gasteiger charge is -2.26. The molecule has 1 aromatic heterocycles. The first-order valence-electron chi connectivity index (χ1n) is 7.25. The lowest BCUT2D eigenvalue weighted by Crippen LogP contribution is -2.35. The minimum atomic E-state index is -0.667. The number of fused-ring (bicyclic) bond motifs is 1. The number of H-pyrrole nitrogens is 1. The molecular formula is C16H19N3O2. The fraction of sp³-hybridized carbons (Fsp3) is 0.375. The lowest BCUT2D eigenvalue weighted by molar-refractivity contribution is -0.151. The van der Waals surface area contributed by atoms with Crippen LogP contribution in [-0.2, 0) is 22.4 Å². The number of nitrogens with one attached hydrogen (secondary N) is 1. The number of nitrogens with two attached hydrogens (primary N) is 1. The zero-order valence-corrected chi connectivity index (χ0v) is 11.8. The van der Waals surface area contributed by atoms with Crippen LogP contribution in [0.1, 0.15) is 35.8 Å². The number of hydrogen-bond donors (Lipinski definition) is 2. The normalized spacial score (nSPS) is 18.8. The Morgan fingerprint density at radius 1 is 1.48 bits per heavy atom. The number of nitrogens with zero attached hydrogens (tertiary/aromatic N) is 1. The summed E-state index contributed by atoms with van der Waals surface area (Å²) < 4.78 is 5.63. The Hall–Kier alpha value is -2.14. The van der Waals surface area contributed by atoms with E-state index in [-0.39, 0.29) is 12.1 Å². The second kappa shape index (κ2) is 6.10. The molecule has 3 N–H and O–H groups in total. The highest BCUT2D eigenvalue weighted by Crippen LogP contribution is 2.32. The fourth-order valence-electron chi connectivity index (χ4n) is 2.78. The van der Waals surface area contributed by atoms with Crippen molar-refractivity contribution in [2.75, 3.05) is 0 Å². The van der Waals surface area contributed by atoms with Crippen molar-refractivity contribution in [3.8, 4) is 0 Å². The van der Waals surface area contributed by atoms with Gasteiger partial charge in [-0.25, -0.2) is 4.98 Å². The van der Waals surface area contributed by atoms with Gasteiger partial charge in [0.1, 0.15) is 12.1 Å². The maximum Gasteiger partial charge on any atom is 0.323 e. The van der Waals surface area contributed by atoms with Crippen molar-refractivity contribution >= 4 is 5.97 Å². The van der Waals surface area contributed by atoms with Crippen molar-refractivity contribution in [1.29, 1.82) is 0 Å². The van der Waals surface area contributed by atoms with Crippen LogP contribution in [-0.4, -0.2) is 22.0 Å². The standard InChI is InChI=1S/C16H19N3O2/c17-14(8-12-9-18-10-19-12)16(20)21-15-7-3-5-11-4-1-2-6-13(11)15/h1-2,4,6,9-10,14-15H,3,5,7-8,17H2,(H,18,19). The van der Waals surface area contributed by atoms with Crippen molar-refractivity contribution < 1.29 is 9.53 Å². The van der Waals surface area contributed by atoms with Gasteiger partial charge in [0, 0.05) is 18.3 Å². The van der Waals surface area contributed by atoms with Crippen LogP contribution in [0.5, 0.6) is 0 Å². The molecule has 1 aliphatic carbocycles. The number of benzene rings is 1. The predicted molar refractivity (Wildman–Crippen MR) is 78.5 cm³/mol. The Morgan fingerprint density at radius 2 is 2.33 bits per heavy atom. The number of carbonyl (C=O) groups excluding carboxylic acids is 1. The Balaban J connectivity index is 1.65. The maximum absolute atomic E-state index is 12.2. The van der Waals surface area contributed by atoms with Crippen LogP contribution in [0.4, 0.5) is 0 Å². The zero-order chi connectivity index (χ0) is 14.7. The molecule has 2 unspecified atom stereocenters. The Kier molecular flexibility index (Phi) is 4.01. The number of hydrogen-bond acceptors (Lipinski definition) is 4. The van der Waals surface area contributed by atoms with Gasteiger partial charge in [-0.1, -0.05) is 24.3 Å². The summed E-state index contributed by atoms with van der Waals surface area (Å²) in [5.74, 6) is -0.355. The second-order valence-corrected chi connectivity index (χ2v) is 5.40. The first-order chi connectivity index (χ1) is 10.2. The summed E-state index contributed by atoms with van der Waals surface area (Å²) in [5, 5.41) is 0. The van der Waals surface area contributed by atoms with Crippen molar-refractivity contribution in [1.82, 2.24) is 9.97 Å². The number of aromatic amines is 1. The molecule has 2 aromatic rings. The molecule has 3 rings (SSSR count). The van der Waals surface area contributed by atoms with E-state index in [2.05, 4.69) is 16.0 Å². The first-order valence-corrected chi connectivity index (χ1v) is 7.25. The van der Waals surface area contributed by atoms with E-state index >= 15 is 0 Å². The summed E-state index contributed by atoms with van der Waals surface area (Å²) in [7, 11) is 0. The third-order valence-corrected chi connectivity index (χ3v) is 3.87. The number of imidazole rings is 1. The minimum absolute atomic E-state index is 0.171. The van der Waals surface area contributed by atoms with Gasteiger partial charge < -0.3 is 15.5 Å². The third-order valence-electron chi connectivity index (χ3n) is 3.87. The van der Waals surface area contributed by atoms with Gasteiger partial charge in [0.25, 0.3) is 0 Å². The van der Waals surface area contributed by atoms with E-state index in [9.17, 15) is 4.79 Å². The lowest BCUT2D eigenvalue weighted by atomic mass is 9.89. The van der Waals surface area contributed by atoms with E-state index in [1.165, 1.54) is 5.56 Å². The molecule has 5 heteroatoms. The van der Waals surface area contributed by atoms with E-state index in [1.54, 1.807) is 12.5 Å². The molecule has 21 heavy (non-hydrogen) atoms. The summed E-state index contributed by atoms with van der Waals surface area (Å²) in [6.45, 7) is 0. The van der Waals surface area contributed by atoms with Crippen molar-refractivity contribution in [2.24, 2.45) is 5.73 Å². The van der Waals surface area contributed by atoms with Crippen LogP contribution in [0.3, 0.4) is 0 Å². The summed E-state index contributed by atoms with van der Waals surface area (Å²) in [5.41, 5.74) is 9.14. The van der Waals surface area contributed by atoms with Gasteiger partial charge in [0.2, 0.25) is 0 Å². The largest absolute Gasteiger partial charge is 0.456 e. The number of ether oxygens (including phenoxy) is 1. The quantitative estimate of drug-likeness (QED) is 0.841. The monoisotopic (exact) mass is 285 g/mol. The molecule has 110 valence electrons. The summed E-state index contributed by atoms with van der Waals surface area (Å²) >= 11 is 0. The van der Waals surface area contributed by atoms with E-state index in [0.29, 0.717) is 6.42 Å². The number of carbonyl (C=O) groups is 1. The van der Waals surface area contributed by atoms with E-state index in [1.807, 2.05) is 18.2 Å². The molecule has 0 saturated carbocycles. The van der Waals surface area contributed by atoms with E-state index in [4.69, 9.17) is 10.5 Å². The van der Waals surface area contributed by atoms with Gasteiger partial charge in [-0.05, 0) is 30.4 Å². The maximum atomic E-state index is 12.2. The fourth-order valence-corrected chi connectivity index (χ4v) is 2.78. The van der Waals surface area contributed by atoms with Crippen molar-refractivity contribution in [3.05, 3.63) is 53.6 Å². The summed E-state index contributed by atoms with van der Waals surface area (Å²) in [6.07, 6.45) is 6.42. The van der Waals surface area contributed by atoms with E-state index < -0.39 is 6.04 Å². The number of esters is 1. The molecule has 1 aliphatic rings. The van der Waals surface area contributed by atoms with Gasteiger partial charge in [-0.15, -0.1) is 0 Å². The molecule has 0 spiro atoms. The molecule has 5 nitrogen and oxygen atoms in total. The van der Waals surface area contributed by atoms with E-state index in [0.717, 1.165) is 30.5 Å². The van der Waals surface area contributed by atoms with Gasteiger partial charge in [-0.3, -0.25) is 4.79 Å². The molecule has 0 aliphatic heterocycles. The number of rotatable bonds is 4. The van der Waals surface area contributed by atoms with Crippen LogP contribution in [0.2, 0.25) is 0 Å². The molecule has 2 atom stereocenters. The summed E-state index contributed by atoms with van der Waals surface area (Å²) in [6, 6.07) is 7.47. The Morgan fingerprint density at radius 3 is 3.14 bits per heavy atom. The van der Waals surface area contributed by atoms with Crippen LogP contribution < -0.4 is 5.73 Å².